The van der Waals surface area contributed by atoms with E-state index in [9.17, 15) is 10.2 Å². The molecule has 2 aliphatic carbocycles. The molecule has 0 heterocycles. The van der Waals surface area contributed by atoms with Gasteiger partial charge in [-0.1, -0.05) is 62.8 Å². The zero-order chi connectivity index (χ0) is 19.3. The quantitative estimate of drug-likeness (QED) is 0.561. The van der Waals surface area contributed by atoms with Crippen molar-refractivity contribution in [2.24, 2.45) is 0 Å². The molecule has 0 unspecified atom stereocenters. The molecule has 4 rings (SSSR count). The van der Waals surface area contributed by atoms with Gasteiger partial charge < -0.3 is 20.8 Å². The van der Waals surface area contributed by atoms with Crippen LogP contribution in [0.5, 0.6) is 11.5 Å². The monoisotopic (exact) mass is 382 g/mol. The van der Waals surface area contributed by atoms with Crippen LogP contribution < -0.4 is 10.6 Å². The van der Waals surface area contributed by atoms with Crippen molar-refractivity contribution >= 4 is 10.8 Å². The third kappa shape index (κ3) is 4.44. The van der Waals surface area contributed by atoms with Crippen LogP contribution in [-0.2, 0) is 13.1 Å². The molecule has 0 amide bonds. The van der Waals surface area contributed by atoms with Crippen molar-refractivity contribution < 1.29 is 10.2 Å². The molecule has 2 saturated carbocycles. The molecule has 28 heavy (non-hydrogen) atoms. The highest BCUT2D eigenvalue weighted by Crippen LogP contribution is 2.36. The molecule has 4 heteroatoms. The van der Waals surface area contributed by atoms with E-state index in [2.05, 4.69) is 10.6 Å². The van der Waals surface area contributed by atoms with Crippen LogP contribution in [0.15, 0.2) is 24.3 Å². The molecule has 4 N–H and O–H groups in total. The zero-order valence-electron chi connectivity index (χ0n) is 16.8. The van der Waals surface area contributed by atoms with Gasteiger partial charge in [0.05, 0.1) is 0 Å². The van der Waals surface area contributed by atoms with Crippen LogP contribution in [0.1, 0.15) is 75.3 Å². The van der Waals surface area contributed by atoms with Crippen LogP contribution in [-0.4, -0.2) is 22.3 Å². The highest BCUT2D eigenvalue weighted by molar-refractivity contribution is 5.94. The van der Waals surface area contributed by atoms with Crippen molar-refractivity contribution in [2.45, 2.75) is 89.4 Å². The molecule has 0 saturated heterocycles. The third-order valence-electron chi connectivity index (χ3n) is 6.68. The van der Waals surface area contributed by atoms with Crippen LogP contribution in [0.4, 0.5) is 0 Å². The van der Waals surface area contributed by atoms with Crippen LogP contribution in [0.3, 0.4) is 0 Å². The Morgan fingerprint density at radius 2 is 1.00 bits per heavy atom. The van der Waals surface area contributed by atoms with Gasteiger partial charge in [-0.15, -0.1) is 0 Å². The van der Waals surface area contributed by atoms with E-state index < -0.39 is 0 Å². The van der Waals surface area contributed by atoms with Gasteiger partial charge in [-0.3, -0.25) is 0 Å². The number of hydrogen-bond donors (Lipinski definition) is 4. The van der Waals surface area contributed by atoms with Crippen LogP contribution in [0.2, 0.25) is 0 Å². The van der Waals surface area contributed by atoms with Gasteiger partial charge in [0.25, 0.3) is 0 Å². The van der Waals surface area contributed by atoms with Gasteiger partial charge in [-0.05, 0) is 25.7 Å². The van der Waals surface area contributed by atoms with E-state index in [1.54, 1.807) is 0 Å². The van der Waals surface area contributed by atoms with Gasteiger partial charge in [-0.2, -0.15) is 0 Å². The van der Waals surface area contributed by atoms with Crippen molar-refractivity contribution in [3.05, 3.63) is 35.4 Å². The number of benzene rings is 2. The van der Waals surface area contributed by atoms with E-state index in [4.69, 9.17) is 0 Å². The van der Waals surface area contributed by atoms with Crippen LogP contribution in [0.25, 0.3) is 10.8 Å². The van der Waals surface area contributed by atoms with E-state index >= 15 is 0 Å². The zero-order valence-corrected chi connectivity index (χ0v) is 16.8. The molecule has 4 nitrogen and oxygen atoms in total. The van der Waals surface area contributed by atoms with E-state index in [0.717, 1.165) is 21.9 Å². The van der Waals surface area contributed by atoms with Crippen molar-refractivity contribution in [1.29, 1.82) is 0 Å². The van der Waals surface area contributed by atoms with Crippen molar-refractivity contribution in [3.8, 4) is 11.5 Å². The minimum Gasteiger partial charge on any atom is -0.507 e. The highest BCUT2D eigenvalue weighted by atomic mass is 16.3. The molecule has 2 fully saturated rings. The van der Waals surface area contributed by atoms with Gasteiger partial charge in [0.2, 0.25) is 0 Å². The Morgan fingerprint density at radius 1 is 0.607 bits per heavy atom. The smallest absolute Gasteiger partial charge is 0.128 e. The van der Waals surface area contributed by atoms with Gasteiger partial charge in [-0.25, -0.2) is 0 Å². The maximum atomic E-state index is 10.8. The van der Waals surface area contributed by atoms with Crippen molar-refractivity contribution in [3.63, 3.8) is 0 Å². The largest absolute Gasteiger partial charge is 0.507 e. The topological polar surface area (TPSA) is 64.5 Å². The average molecular weight is 383 g/mol. The van der Waals surface area contributed by atoms with E-state index in [-0.39, 0.29) is 0 Å². The van der Waals surface area contributed by atoms with Crippen LogP contribution >= 0.6 is 0 Å². The molecular formula is C24H34N2O2. The molecule has 0 aromatic heterocycles. The Hall–Kier alpha value is -1.78. The number of phenols is 2. The molecule has 2 aromatic rings. The summed E-state index contributed by atoms with van der Waals surface area (Å²) in [6.07, 6.45) is 12.8. The number of rotatable bonds is 6. The first-order chi connectivity index (χ1) is 13.7. The number of hydrogen-bond acceptors (Lipinski definition) is 4. The molecule has 0 radical (unpaired) electrons. The summed E-state index contributed by atoms with van der Waals surface area (Å²) in [4.78, 5) is 0. The molecule has 0 spiro atoms. The summed E-state index contributed by atoms with van der Waals surface area (Å²) in [6, 6.07) is 8.92. The second-order valence-electron chi connectivity index (χ2n) is 8.67. The molecule has 0 atom stereocenters. The van der Waals surface area contributed by atoms with Gasteiger partial charge in [0.1, 0.15) is 11.5 Å². The Kier molecular flexibility index (Phi) is 6.38. The first kappa shape index (κ1) is 19.5. The molecule has 0 bridgehead atoms. The lowest BCUT2D eigenvalue weighted by atomic mass is 9.94. The SMILES string of the molecule is Oc1c(CNC2CCCCC2)ccc2c(O)c(CNC3CCCCC3)ccc12. The minimum atomic E-state index is 0.294. The Labute approximate surface area is 168 Å². The maximum absolute atomic E-state index is 10.8. The maximum Gasteiger partial charge on any atom is 0.128 e. The molecule has 0 aliphatic heterocycles. The Bertz CT molecular complexity index is 726. The molecule has 2 aromatic carbocycles. The highest BCUT2D eigenvalue weighted by Gasteiger charge is 2.17. The average Bonchev–Trinajstić information content (AvgIpc) is 2.74. The lowest BCUT2D eigenvalue weighted by molar-refractivity contribution is 0.368. The summed E-state index contributed by atoms with van der Waals surface area (Å²) in [5.41, 5.74) is 1.82. The first-order valence-corrected chi connectivity index (χ1v) is 11.1. The summed E-state index contributed by atoms with van der Waals surface area (Å²) in [5, 5.41) is 30.2. The second kappa shape index (κ2) is 9.15. The fraction of sp³-hybridized carbons (Fsp3) is 0.583. The van der Waals surface area contributed by atoms with Crippen LogP contribution in [0, 0.1) is 0 Å². The summed E-state index contributed by atoms with van der Waals surface area (Å²) in [7, 11) is 0. The standard InChI is InChI=1S/C24H34N2O2/c27-23-17(15-25-19-7-3-1-4-8-19)11-13-22-21(23)14-12-18(24(22)28)16-26-20-9-5-2-6-10-20/h11-14,19-20,25-28H,1-10,15-16H2. The lowest BCUT2D eigenvalue weighted by Crippen LogP contribution is -2.30. The summed E-state index contributed by atoms with van der Waals surface area (Å²) < 4.78 is 0. The van der Waals surface area contributed by atoms with Crippen molar-refractivity contribution in [1.82, 2.24) is 10.6 Å². The Morgan fingerprint density at radius 3 is 1.39 bits per heavy atom. The van der Waals surface area contributed by atoms with E-state index in [1.807, 2.05) is 24.3 Å². The Balaban J connectivity index is 1.45. The normalized spacial score (nSPS) is 19.3. The molecule has 152 valence electrons. The number of nitrogens with one attached hydrogen (secondary N) is 2. The predicted molar refractivity (Wildman–Crippen MR) is 115 cm³/mol. The molecule has 2 aliphatic rings. The van der Waals surface area contributed by atoms with Gasteiger partial charge >= 0.3 is 0 Å². The van der Waals surface area contributed by atoms with Gasteiger partial charge in [0, 0.05) is 47.1 Å². The van der Waals surface area contributed by atoms with Crippen molar-refractivity contribution in [2.75, 3.05) is 0 Å². The third-order valence-corrected chi connectivity index (χ3v) is 6.68. The van der Waals surface area contributed by atoms with E-state index in [1.165, 1.54) is 64.2 Å². The van der Waals surface area contributed by atoms with Gasteiger partial charge in [0.15, 0.2) is 0 Å². The minimum absolute atomic E-state index is 0.294. The van der Waals surface area contributed by atoms with E-state index in [0.29, 0.717) is 36.7 Å². The lowest BCUT2D eigenvalue weighted by Gasteiger charge is -2.24. The second-order valence-corrected chi connectivity index (χ2v) is 8.67. The number of phenolic OH excluding ortho intramolecular Hbond substituents is 2. The summed E-state index contributed by atoms with van der Waals surface area (Å²) in [5.74, 6) is 0.589. The number of aromatic hydroxyl groups is 2. The fourth-order valence-electron chi connectivity index (χ4n) is 4.87. The summed E-state index contributed by atoms with van der Waals surface area (Å²) >= 11 is 0. The first-order valence-electron chi connectivity index (χ1n) is 11.1. The predicted octanol–water partition coefficient (Wildman–Crippen LogP) is 5.10. The number of fused-ring (bicyclic) bond motifs is 1. The fourth-order valence-corrected chi connectivity index (χ4v) is 4.87. The summed E-state index contributed by atoms with van der Waals surface area (Å²) in [6.45, 7) is 1.36. The molecular weight excluding hydrogens is 348 g/mol.